The Morgan fingerprint density at radius 1 is 1.58 bits per heavy atom. The minimum atomic E-state index is -0.472. The Kier molecular flexibility index (Phi) is 1.97. The quantitative estimate of drug-likeness (QED) is 0.535. The van der Waals surface area contributed by atoms with E-state index in [4.69, 9.17) is 5.26 Å². The van der Waals surface area contributed by atoms with Gasteiger partial charge in [-0.1, -0.05) is 0 Å². The molecule has 0 saturated carbocycles. The van der Waals surface area contributed by atoms with Crippen molar-refractivity contribution < 1.29 is 4.79 Å². The van der Waals surface area contributed by atoms with Gasteiger partial charge in [-0.3, -0.25) is 9.69 Å². The molecule has 2 atom stereocenters. The van der Waals surface area contributed by atoms with E-state index in [9.17, 15) is 4.79 Å². The second-order valence-electron chi connectivity index (χ2n) is 3.88. The van der Waals surface area contributed by atoms with Gasteiger partial charge in [0.1, 0.15) is 5.92 Å². The second-order valence-corrected chi connectivity index (χ2v) is 3.88. The summed E-state index contributed by atoms with van der Waals surface area (Å²) in [6.07, 6.45) is 0. The summed E-state index contributed by atoms with van der Waals surface area (Å²) in [4.78, 5) is 13.6. The topological polar surface area (TPSA) is 44.1 Å². The van der Waals surface area contributed by atoms with Crippen LogP contribution in [-0.2, 0) is 4.79 Å². The van der Waals surface area contributed by atoms with Crippen LogP contribution in [0, 0.1) is 17.2 Å². The molecule has 0 aromatic rings. The van der Waals surface area contributed by atoms with Crippen LogP contribution in [-0.4, -0.2) is 29.3 Å². The normalized spacial score (nSPS) is 35.1. The van der Waals surface area contributed by atoms with E-state index in [1.54, 1.807) is 0 Å². The van der Waals surface area contributed by atoms with Crippen molar-refractivity contribution in [3.8, 4) is 6.07 Å². The molecule has 0 N–H and O–H groups in total. The Hall–Kier alpha value is -0.880. The lowest BCUT2D eigenvalue weighted by Crippen LogP contribution is -2.42. The number of nitriles is 1. The van der Waals surface area contributed by atoms with Crippen molar-refractivity contribution in [2.24, 2.45) is 5.92 Å². The highest BCUT2D eigenvalue weighted by atomic mass is 16.1. The highest BCUT2D eigenvalue weighted by molar-refractivity contribution is 5.94. The maximum Gasteiger partial charge on any atom is 0.171 e. The van der Waals surface area contributed by atoms with Crippen LogP contribution in [0.3, 0.4) is 0 Å². The zero-order valence-electron chi connectivity index (χ0n) is 7.96. The largest absolute Gasteiger partial charge is 0.296 e. The van der Waals surface area contributed by atoms with Gasteiger partial charge >= 0.3 is 0 Å². The van der Waals surface area contributed by atoms with Gasteiger partial charge in [0.25, 0.3) is 0 Å². The molecule has 0 spiro atoms. The van der Waals surface area contributed by atoms with Crippen LogP contribution in [0.1, 0.15) is 20.8 Å². The molecule has 0 bridgehead atoms. The number of Topliss-reactive ketones (excluding diaryl/α,β-unsaturated/α-hetero) is 1. The van der Waals surface area contributed by atoms with Gasteiger partial charge in [-0.25, -0.2) is 0 Å². The molecule has 1 aliphatic heterocycles. The standard InChI is InChI=1S/C9H14N2O/c1-6-7(5-10)8(12)9(2,3)11(6)4/h6-7H,1-4H3. The lowest BCUT2D eigenvalue weighted by molar-refractivity contribution is -0.124. The zero-order valence-corrected chi connectivity index (χ0v) is 7.96. The van der Waals surface area contributed by atoms with E-state index in [0.29, 0.717) is 0 Å². The summed E-state index contributed by atoms with van der Waals surface area (Å²) in [6.45, 7) is 5.65. The van der Waals surface area contributed by atoms with E-state index in [2.05, 4.69) is 6.07 Å². The van der Waals surface area contributed by atoms with Crippen LogP contribution in [0.5, 0.6) is 0 Å². The summed E-state index contributed by atoms with van der Waals surface area (Å²) in [5.41, 5.74) is -0.472. The SMILES string of the molecule is CC1C(C#N)C(=O)C(C)(C)N1C. The minimum absolute atomic E-state index is 0.0394. The van der Waals surface area contributed by atoms with Gasteiger partial charge < -0.3 is 0 Å². The van der Waals surface area contributed by atoms with E-state index in [-0.39, 0.29) is 11.8 Å². The highest BCUT2D eigenvalue weighted by Gasteiger charge is 2.49. The van der Waals surface area contributed by atoms with E-state index in [1.165, 1.54) is 0 Å². The Bertz CT molecular complexity index is 252. The predicted molar refractivity (Wildman–Crippen MR) is 45.4 cm³/mol. The van der Waals surface area contributed by atoms with Crippen LogP contribution >= 0.6 is 0 Å². The lowest BCUT2D eigenvalue weighted by Gasteiger charge is -2.28. The van der Waals surface area contributed by atoms with Gasteiger partial charge in [0.2, 0.25) is 0 Å². The number of hydrogen-bond donors (Lipinski definition) is 0. The smallest absolute Gasteiger partial charge is 0.171 e. The van der Waals surface area contributed by atoms with Crippen LogP contribution in [0.25, 0.3) is 0 Å². The van der Waals surface area contributed by atoms with Crippen molar-refractivity contribution in [3.63, 3.8) is 0 Å². The lowest BCUT2D eigenvalue weighted by atomic mass is 9.94. The van der Waals surface area contributed by atoms with Crippen LogP contribution in [0.4, 0.5) is 0 Å². The number of ketones is 1. The first-order valence-electron chi connectivity index (χ1n) is 4.09. The molecule has 1 heterocycles. The van der Waals surface area contributed by atoms with Gasteiger partial charge in [0, 0.05) is 6.04 Å². The van der Waals surface area contributed by atoms with Crippen LogP contribution in [0.2, 0.25) is 0 Å². The maximum absolute atomic E-state index is 11.6. The predicted octanol–water partition coefficient (Wildman–Crippen LogP) is 0.808. The van der Waals surface area contributed by atoms with Crippen molar-refractivity contribution in [1.29, 1.82) is 5.26 Å². The molecule has 1 rings (SSSR count). The summed E-state index contributed by atoms with van der Waals surface area (Å²) >= 11 is 0. The van der Waals surface area contributed by atoms with Gasteiger partial charge in [-0.2, -0.15) is 5.26 Å². The molecule has 12 heavy (non-hydrogen) atoms. The van der Waals surface area contributed by atoms with Crippen molar-refractivity contribution in [1.82, 2.24) is 4.90 Å². The number of likely N-dealkylation sites (tertiary alicyclic amines) is 1. The minimum Gasteiger partial charge on any atom is -0.296 e. The Labute approximate surface area is 73.0 Å². The molecular formula is C9H14N2O. The number of likely N-dealkylation sites (N-methyl/N-ethyl adjacent to an activating group) is 1. The number of rotatable bonds is 0. The molecule has 0 aliphatic carbocycles. The van der Waals surface area contributed by atoms with Gasteiger partial charge in [0.05, 0.1) is 11.6 Å². The fourth-order valence-corrected chi connectivity index (χ4v) is 1.67. The van der Waals surface area contributed by atoms with Crippen molar-refractivity contribution in [3.05, 3.63) is 0 Å². The molecule has 3 heteroatoms. The van der Waals surface area contributed by atoms with Crippen molar-refractivity contribution in [2.75, 3.05) is 7.05 Å². The highest BCUT2D eigenvalue weighted by Crippen LogP contribution is 2.32. The molecule has 2 unspecified atom stereocenters. The first-order chi connectivity index (χ1) is 5.42. The Balaban J connectivity index is 3.04. The van der Waals surface area contributed by atoms with Crippen LogP contribution in [0.15, 0.2) is 0 Å². The maximum atomic E-state index is 11.6. The van der Waals surface area contributed by atoms with Gasteiger partial charge in [-0.05, 0) is 27.8 Å². The van der Waals surface area contributed by atoms with Crippen LogP contribution < -0.4 is 0 Å². The molecule has 1 fully saturated rings. The average Bonchev–Trinajstić information content (AvgIpc) is 2.15. The summed E-state index contributed by atoms with van der Waals surface area (Å²) in [5, 5.41) is 8.76. The van der Waals surface area contributed by atoms with E-state index >= 15 is 0 Å². The van der Waals surface area contributed by atoms with Gasteiger partial charge in [-0.15, -0.1) is 0 Å². The molecule has 0 aromatic carbocycles. The molecule has 66 valence electrons. The Morgan fingerprint density at radius 3 is 2.25 bits per heavy atom. The summed E-state index contributed by atoms with van der Waals surface area (Å²) in [6, 6.07) is 2.10. The molecule has 3 nitrogen and oxygen atoms in total. The molecule has 0 amide bonds. The van der Waals surface area contributed by atoms with E-state index in [1.807, 2.05) is 32.7 Å². The number of carbonyl (C=O) groups excluding carboxylic acids is 1. The molecule has 0 aromatic heterocycles. The summed E-state index contributed by atoms with van der Waals surface area (Å²) < 4.78 is 0. The van der Waals surface area contributed by atoms with E-state index in [0.717, 1.165) is 0 Å². The monoisotopic (exact) mass is 166 g/mol. The summed E-state index contributed by atoms with van der Waals surface area (Å²) in [5.74, 6) is -0.412. The van der Waals surface area contributed by atoms with Gasteiger partial charge in [0.15, 0.2) is 5.78 Å². The Morgan fingerprint density at radius 2 is 2.08 bits per heavy atom. The average molecular weight is 166 g/mol. The fraction of sp³-hybridized carbons (Fsp3) is 0.778. The first-order valence-corrected chi connectivity index (χ1v) is 4.09. The summed E-state index contributed by atoms with van der Waals surface area (Å²) in [7, 11) is 1.89. The number of nitrogens with zero attached hydrogens (tertiary/aromatic N) is 2. The molecule has 0 radical (unpaired) electrons. The molecule has 1 saturated heterocycles. The third-order valence-corrected chi connectivity index (χ3v) is 3.00. The first kappa shape index (κ1) is 9.21. The van der Waals surface area contributed by atoms with Crippen molar-refractivity contribution in [2.45, 2.75) is 32.4 Å². The zero-order chi connectivity index (χ0) is 9.52. The van der Waals surface area contributed by atoms with Crippen molar-refractivity contribution >= 4 is 5.78 Å². The third-order valence-electron chi connectivity index (χ3n) is 3.00. The fourth-order valence-electron chi connectivity index (χ4n) is 1.67. The van der Waals surface area contributed by atoms with E-state index < -0.39 is 11.5 Å². The molecular weight excluding hydrogens is 152 g/mol. The third kappa shape index (κ3) is 0.953. The number of hydrogen-bond acceptors (Lipinski definition) is 3. The molecule has 1 aliphatic rings. The second kappa shape index (κ2) is 2.56. The number of carbonyl (C=O) groups is 1.